The van der Waals surface area contributed by atoms with Gasteiger partial charge in [-0.1, -0.05) is 29.0 Å². The Bertz CT molecular complexity index is 1300. The molecular weight excluding hydrogens is 481 g/mol. The van der Waals surface area contributed by atoms with Crippen molar-refractivity contribution >= 4 is 44.6 Å². The van der Waals surface area contributed by atoms with Gasteiger partial charge >= 0.3 is 0 Å². The molecule has 1 fully saturated rings. The second-order valence-electron chi connectivity index (χ2n) is 9.43. The largest absolute Gasteiger partial charge is 0.507 e. The molecule has 3 N–H and O–H groups in total. The number of benzene rings is 1. The van der Waals surface area contributed by atoms with E-state index in [4.69, 9.17) is 28.3 Å². The number of aromatic hydroxyl groups is 1. The highest BCUT2D eigenvalue weighted by Crippen LogP contribution is 2.40. The van der Waals surface area contributed by atoms with Crippen LogP contribution < -0.4 is 10.2 Å². The number of aromatic nitrogens is 5. The topological polar surface area (TPSA) is 94.4 Å². The third-order valence-electron chi connectivity index (χ3n) is 6.04. The van der Waals surface area contributed by atoms with Crippen LogP contribution in [0.25, 0.3) is 27.3 Å². The van der Waals surface area contributed by atoms with Crippen molar-refractivity contribution in [1.29, 1.82) is 0 Å². The van der Waals surface area contributed by atoms with Gasteiger partial charge in [0.1, 0.15) is 11.4 Å². The molecule has 8 nitrogen and oxygen atoms in total. The predicted molar refractivity (Wildman–Crippen MR) is 133 cm³/mol. The van der Waals surface area contributed by atoms with Crippen LogP contribution in [0.5, 0.6) is 5.75 Å². The van der Waals surface area contributed by atoms with E-state index in [-0.39, 0.29) is 17.3 Å². The zero-order valence-electron chi connectivity index (χ0n) is 18.7. The van der Waals surface area contributed by atoms with Crippen molar-refractivity contribution in [2.45, 2.75) is 50.2 Å². The second kappa shape index (κ2) is 7.87. The van der Waals surface area contributed by atoms with E-state index in [2.05, 4.69) is 39.2 Å². The first-order valence-corrected chi connectivity index (χ1v) is 12.2. The Morgan fingerprint density at radius 3 is 2.67 bits per heavy atom. The number of anilines is 1. The molecule has 0 radical (unpaired) electrons. The van der Waals surface area contributed by atoms with Crippen LogP contribution in [0.3, 0.4) is 0 Å². The van der Waals surface area contributed by atoms with Crippen LogP contribution in [0.15, 0.2) is 30.6 Å². The normalized spacial score (nSPS) is 22.7. The number of hydrogen-bond donors (Lipinski definition) is 3. The SMILES string of the molecule is CN(c1nn2c(Cl)c(-c3ccc(-c4cn[nH]c4)cc3O)nc2s1)C1CC(C)(C)NC(C)(Cl)C1. The maximum absolute atomic E-state index is 10.7. The quantitative estimate of drug-likeness (QED) is 0.263. The lowest BCUT2D eigenvalue weighted by atomic mass is 9.85. The molecule has 0 saturated carbocycles. The molecule has 0 bridgehead atoms. The van der Waals surface area contributed by atoms with E-state index >= 15 is 0 Å². The van der Waals surface area contributed by atoms with Gasteiger partial charge in [0.25, 0.3) is 0 Å². The van der Waals surface area contributed by atoms with Gasteiger partial charge in [-0.25, -0.2) is 4.98 Å². The summed E-state index contributed by atoms with van der Waals surface area (Å²) >= 11 is 14.8. The number of fused-ring (bicyclic) bond motifs is 1. The lowest BCUT2D eigenvalue weighted by molar-refractivity contribution is 0.202. The Labute approximate surface area is 205 Å². The maximum atomic E-state index is 10.7. The number of piperidine rings is 1. The van der Waals surface area contributed by atoms with Crippen LogP contribution in [0.2, 0.25) is 5.15 Å². The molecule has 33 heavy (non-hydrogen) atoms. The lowest BCUT2D eigenvalue weighted by Gasteiger charge is -2.47. The fraction of sp³-hybridized carbons (Fsp3) is 0.409. The number of rotatable bonds is 4. The standard InChI is InChI=1S/C22H25Cl2N7OS/c1-21(2)8-14(9-22(3,24)29-21)30(4)20-28-31-18(23)17(27-19(31)33-20)15-6-5-12(7-16(15)32)13-10-25-26-11-13/h5-7,10-11,14,29,32H,8-9H2,1-4H3,(H,25,26). The summed E-state index contributed by atoms with van der Waals surface area (Å²) in [5.74, 6) is 0.0945. The highest BCUT2D eigenvalue weighted by molar-refractivity contribution is 7.20. The van der Waals surface area contributed by atoms with Crippen LogP contribution in [0.1, 0.15) is 33.6 Å². The zero-order chi connectivity index (χ0) is 23.5. The summed E-state index contributed by atoms with van der Waals surface area (Å²) in [6.07, 6.45) is 5.19. The van der Waals surface area contributed by atoms with Gasteiger partial charge in [0, 0.05) is 36.0 Å². The molecule has 11 heteroatoms. The smallest absolute Gasteiger partial charge is 0.215 e. The van der Waals surface area contributed by atoms with E-state index in [9.17, 15) is 5.11 Å². The second-order valence-corrected chi connectivity index (χ2v) is 11.6. The summed E-state index contributed by atoms with van der Waals surface area (Å²) < 4.78 is 1.63. The maximum Gasteiger partial charge on any atom is 0.215 e. The highest BCUT2D eigenvalue weighted by Gasteiger charge is 2.41. The Balaban J connectivity index is 1.45. The van der Waals surface area contributed by atoms with Crippen LogP contribution in [-0.4, -0.2) is 53.5 Å². The fourth-order valence-electron chi connectivity index (χ4n) is 4.69. The number of phenolic OH excluding ortho intramolecular Hbond substituents is 1. The molecule has 0 amide bonds. The van der Waals surface area contributed by atoms with E-state index in [1.54, 1.807) is 29.0 Å². The molecule has 4 aromatic rings. The summed E-state index contributed by atoms with van der Waals surface area (Å²) in [7, 11) is 2.03. The van der Waals surface area contributed by atoms with Crippen molar-refractivity contribution in [2.75, 3.05) is 11.9 Å². The minimum absolute atomic E-state index is 0.0873. The average molecular weight is 506 g/mol. The van der Waals surface area contributed by atoms with Gasteiger partial charge in [-0.15, -0.1) is 16.7 Å². The Morgan fingerprint density at radius 2 is 2.03 bits per heavy atom. The average Bonchev–Trinajstić information content (AvgIpc) is 3.44. The Kier molecular flexibility index (Phi) is 5.36. The van der Waals surface area contributed by atoms with E-state index in [1.165, 1.54) is 11.3 Å². The third-order valence-corrected chi connectivity index (χ3v) is 7.62. The first-order chi connectivity index (χ1) is 15.5. The minimum Gasteiger partial charge on any atom is -0.507 e. The summed E-state index contributed by atoms with van der Waals surface area (Å²) in [4.78, 5) is 7.03. The van der Waals surface area contributed by atoms with Crippen molar-refractivity contribution in [1.82, 2.24) is 30.1 Å². The summed E-state index contributed by atoms with van der Waals surface area (Å²) in [5.41, 5.74) is 2.70. The monoisotopic (exact) mass is 505 g/mol. The number of nitrogens with zero attached hydrogens (tertiary/aromatic N) is 5. The molecule has 1 aliphatic rings. The molecule has 0 aliphatic carbocycles. The predicted octanol–water partition coefficient (Wildman–Crippen LogP) is 5.13. The number of phenols is 1. The van der Waals surface area contributed by atoms with Crippen LogP contribution >= 0.6 is 34.5 Å². The van der Waals surface area contributed by atoms with Gasteiger partial charge < -0.3 is 10.0 Å². The molecule has 5 rings (SSSR count). The van der Waals surface area contributed by atoms with Crippen molar-refractivity contribution < 1.29 is 5.11 Å². The number of hydrogen-bond acceptors (Lipinski definition) is 7. The van der Waals surface area contributed by atoms with Crippen molar-refractivity contribution in [3.05, 3.63) is 35.7 Å². The summed E-state index contributed by atoms with van der Waals surface area (Å²) in [5, 5.41) is 26.8. The van der Waals surface area contributed by atoms with Crippen molar-refractivity contribution in [3.63, 3.8) is 0 Å². The first kappa shape index (κ1) is 22.5. The van der Waals surface area contributed by atoms with Crippen LogP contribution in [0, 0.1) is 0 Å². The fourth-order valence-corrected chi connectivity index (χ4v) is 6.37. The molecule has 2 atom stereocenters. The van der Waals surface area contributed by atoms with Gasteiger partial charge in [0.15, 0.2) is 5.15 Å². The van der Waals surface area contributed by atoms with Crippen LogP contribution in [0.4, 0.5) is 5.13 Å². The van der Waals surface area contributed by atoms with Crippen molar-refractivity contribution in [2.24, 2.45) is 0 Å². The number of H-pyrrole nitrogens is 1. The number of imidazole rings is 1. The van der Waals surface area contributed by atoms with Gasteiger partial charge in [-0.2, -0.15) is 9.61 Å². The van der Waals surface area contributed by atoms with Gasteiger partial charge in [-0.05, 0) is 51.3 Å². The van der Waals surface area contributed by atoms with Gasteiger partial charge in [0.05, 0.1) is 11.2 Å². The van der Waals surface area contributed by atoms with E-state index < -0.39 is 5.00 Å². The number of nitrogens with one attached hydrogen (secondary N) is 2. The highest BCUT2D eigenvalue weighted by atomic mass is 35.5. The molecule has 1 saturated heterocycles. The van der Waals surface area contributed by atoms with E-state index in [0.29, 0.717) is 21.4 Å². The van der Waals surface area contributed by atoms with Crippen LogP contribution in [-0.2, 0) is 0 Å². The van der Waals surface area contributed by atoms with E-state index in [1.807, 2.05) is 20.0 Å². The van der Waals surface area contributed by atoms with Gasteiger partial charge in [0.2, 0.25) is 10.1 Å². The zero-order valence-corrected chi connectivity index (χ0v) is 21.1. The molecule has 1 aromatic carbocycles. The van der Waals surface area contributed by atoms with Gasteiger partial charge in [-0.3, -0.25) is 10.4 Å². The Hall–Kier alpha value is -2.33. The molecule has 4 heterocycles. The molecule has 0 spiro atoms. The molecule has 2 unspecified atom stereocenters. The number of halogens is 2. The van der Waals surface area contributed by atoms with Crippen molar-refractivity contribution in [3.8, 4) is 28.1 Å². The molecular formula is C22H25Cl2N7OS. The third kappa shape index (κ3) is 4.19. The summed E-state index contributed by atoms with van der Waals surface area (Å²) in [6, 6.07) is 5.61. The van der Waals surface area contributed by atoms with E-state index in [0.717, 1.165) is 29.1 Å². The number of alkyl halides is 1. The number of aromatic amines is 1. The summed E-state index contributed by atoms with van der Waals surface area (Å²) in [6.45, 7) is 6.34. The lowest BCUT2D eigenvalue weighted by Crippen LogP contribution is -2.60. The Morgan fingerprint density at radius 1 is 1.24 bits per heavy atom. The molecule has 1 aliphatic heterocycles. The minimum atomic E-state index is -0.483. The molecule has 174 valence electrons. The first-order valence-electron chi connectivity index (χ1n) is 10.6. The molecule has 3 aromatic heterocycles.